The first-order chi connectivity index (χ1) is 7.76. The zero-order chi connectivity index (χ0) is 11.5. The summed E-state index contributed by atoms with van der Waals surface area (Å²) in [6.45, 7) is 8.01. The number of hydrogen-bond donors (Lipinski definition) is 1. The van der Waals surface area contributed by atoms with Gasteiger partial charge < -0.3 is 10.1 Å². The monoisotopic (exact) mass is 224 g/mol. The van der Waals surface area contributed by atoms with E-state index < -0.39 is 0 Å². The Hall–Kier alpha value is -1.10. The van der Waals surface area contributed by atoms with Crippen molar-refractivity contribution >= 4 is 5.95 Å². The fraction of sp³-hybridized carbons (Fsp3) is 0.818. The highest BCUT2D eigenvalue weighted by molar-refractivity contribution is 5.26. The van der Waals surface area contributed by atoms with Crippen molar-refractivity contribution in [1.29, 1.82) is 0 Å². The molecule has 2 atom stereocenters. The van der Waals surface area contributed by atoms with E-state index >= 15 is 0 Å². The molecule has 5 nitrogen and oxygen atoms in total. The Balaban J connectivity index is 2.20. The maximum absolute atomic E-state index is 5.83. The summed E-state index contributed by atoms with van der Waals surface area (Å²) in [5, 5.41) is 11.6. The van der Waals surface area contributed by atoms with Crippen LogP contribution in [0.25, 0.3) is 0 Å². The normalized spacial score (nSPS) is 24.9. The van der Waals surface area contributed by atoms with Crippen molar-refractivity contribution in [2.75, 3.05) is 11.9 Å². The van der Waals surface area contributed by atoms with Crippen LogP contribution in [-0.4, -0.2) is 27.4 Å². The molecule has 0 aromatic carbocycles. The third-order valence-corrected chi connectivity index (χ3v) is 2.95. The van der Waals surface area contributed by atoms with Crippen molar-refractivity contribution in [3.05, 3.63) is 5.82 Å². The molecule has 0 spiro atoms. The maximum atomic E-state index is 5.83. The Morgan fingerprint density at radius 1 is 1.38 bits per heavy atom. The quantitative estimate of drug-likeness (QED) is 0.849. The number of nitrogens with one attached hydrogen (secondary N) is 1. The second kappa shape index (κ2) is 4.82. The summed E-state index contributed by atoms with van der Waals surface area (Å²) < 4.78 is 7.93. The Labute approximate surface area is 96.2 Å². The largest absolute Gasteiger partial charge is 0.367 e. The van der Waals surface area contributed by atoms with Crippen LogP contribution in [0.2, 0.25) is 0 Å². The van der Waals surface area contributed by atoms with Crippen molar-refractivity contribution in [2.45, 2.75) is 52.4 Å². The smallest absolute Gasteiger partial charge is 0.224 e. The van der Waals surface area contributed by atoms with Crippen LogP contribution in [0, 0.1) is 0 Å². The zero-order valence-electron chi connectivity index (χ0n) is 10.2. The summed E-state index contributed by atoms with van der Waals surface area (Å²) in [5.41, 5.74) is 0. The van der Waals surface area contributed by atoms with Gasteiger partial charge >= 0.3 is 0 Å². The molecule has 0 saturated carbocycles. The lowest BCUT2D eigenvalue weighted by molar-refractivity contribution is 0.0481. The van der Waals surface area contributed by atoms with Crippen molar-refractivity contribution in [3.8, 4) is 0 Å². The summed E-state index contributed by atoms with van der Waals surface area (Å²) in [4.78, 5) is 0. The van der Waals surface area contributed by atoms with E-state index in [0.717, 1.165) is 37.7 Å². The molecule has 1 aliphatic heterocycles. The van der Waals surface area contributed by atoms with Gasteiger partial charge in [0.05, 0.1) is 6.10 Å². The molecular weight excluding hydrogens is 204 g/mol. The van der Waals surface area contributed by atoms with E-state index in [9.17, 15) is 0 Å². The number of rotatable bonds is 4. The second-order valence-corrected chi connectivity index (χ2v) is 4.17. The molecule has 0 aliphatic carbocycles. The van der Waals surface area contributed by atoms with Gasteiger partial charge in [-0.2, -0.15) is 0 Å². The van der Waals surface area contributed by atoms with Crippen molar-refractivity contribution in [1.82, 2.24) is 14.8 Å². The molecular formula is C11H20N4O. The fourth-order valence-electron chi connectivity index (χ4n) is 2.15. The van der Waals surface area contributed by atoms with Gasteiger partial charge in [-0.05, 0) is 33.6 Å². The average Bonchev–Trinajstić information content (AvgIpc) is 2.85. The molecule has 0 radical (unpaired) electrons. The first-order valence-electron chi connectivity index (χ1n) is 6.08. The van der Waals surface area contributed by atoms with Crippen LogP contribution >= 0.6 is 0 Å². The first-order valence-corrected chi connectivity index (χ1v) is 6.08. The predicted molar refractivity (Wildman–Crippen MR) is 62.4 cm³/mol. The van der Waals surface area contributed by atoms with E-state index in [1.54, 1.807) is 0 Å². The summed E-state index contributed by atoms with van der Waals surface area (Å²) in [6, 6.07) is 0. The molecule has 1 aromatic rings. The minimum atomic E-state index is 0.120. The van der Waals surface area contributed by atoms with Crippen LogP contribution in [0.3, 0.4) is 0 Å². The SMILES string of the molecule is CCNc1nnc(C2CCC(C)O2)n1CC. The molecule has 0 bridgehead atoms. The third kappa shape index (κ3) is 2.04. The topological polar surface area (TPSA) is 52.0 Å². The van der Waals surface area contributed by atoms with E-state index in [-0.39, 0.29) is 6.10 Å². The average molecular weight is 224 g/mol. The Bertz CT molecular complexity index is 350. The van der Waals surface area contributed by atoms with Crippen LogP contribution in [-0.2, 0) is 11.3 Å². The number of aromatic nitrogens is 3. The molecule has 2 heterocycles. The van der Waals surface area contributed by atoms with Crippen LogP contribution in [0.5, 0.6) is 0 Å². The van der Waals surface area contributed by atoms with Gasteiger partial charge in [-0.1, -0.05) is 0 Å². The van der Waals surface area contributed by atoms with Crippen LogP contribution in [0.15, 0.2) is 0 Å². The summed E-state index contributed by atoms with van der Waals surface area (Å²) in [6.07, 6.45) is 2.62. The minimum absolute atomic E-state index is 0.120. The molecule has 1 aliphatic rings. The van der Waals surface area contributed by atoms with E-state index in [4.69, 9.17) is 4.74 Å². The predicted octanol–water partition coefficient (Wildman–Crippen LogP) is 1.97. The van der Waals surface area contributed by atoms with Crippen LogP contribution < -0.4 is 5.32 Å². The van der Waals surface area contributed by atoms with Gasteiger partial charge in [-0.3, -0.25) is 4.57 Å². The number of ether oxygens (including phenoxy) is 1. The molecule has 1 aromatic heterocycles. The standard InChI is InChI=1S/C11H20N4O/c1-4-12-11-14-13-10(15(11)5-2)9-7-6-8(3)16-9/h8-9H,4-7H2,1-3H3,(H,12,14). The molecule has 1 saturated heterocycles. The third-order valence-electron chi connectivity index (χ3n) is 2.95. The molecule has 2 unspecified atom stereocenters. The van der Waals surface area contributed by atoms with Gasteiger partial charge in [0.25, 0.3) is 0 Å². The van der Waals surface area contributed by atoms with Crippen molar-refractivity contribution in [2.24, 2.45) is 0 Å². The number of nitrogens with zero attached hydrogens (tertiary/aromatic N) is 3. The zero-order valence-corrected chi connectivity index (χ0v) is 10.2. The number of hydrogen-bond acceptors (Lipinski definition) is 4. The molecule has 0 amide bonds. The van der Waals surface area contributed by atoms with E-state index in [1.165, 1.54) is 0 Å². The Morgan fingerprint density at radius 2 is 2.19 bits per heavy atom. The van der Waals surface area contributed by atoms with Gasteiger partial charge in [0.1, 0.15) is 6.10 Å². The van der Waals surface area contributed by atoms with Gasteiger partial charge in [0.2, 0.25) is 5.95 Å². The highest BCUT2D eigenvalue weighted by atomic mass is 16.5. The summed E-state index contributed by atoms with van der Waals surface area (Å²) >= 11 is 0. The lowest BCUT2D eigenvalue weighted by Gasteiger charge is -2.13. The molecule has 1 fully saturated rings. The van der Waals surface area contributed by atoms with E-state index in [0.29, 0.717) is 6.10 Å². The van der Waals surface area contributed by atoms with Gasteiger partial charge in [0, 0.05) is 13.1 Å². The van der Waals surface area contributed by atoms with E-state index in [2.05, 4.69) is 40.9 Å². The van der Waals surface area contributed by atoms with Crippen molar-refractivity contribution < 1.29 is 4.74 Å². The molecule has 2 rings (SSSR count). The Morgan fingerprint density at radius 3 is 2.75 bits per heavy atom. The van der Waals surface area contributed by atoms with Crippen LogP contribution in [0.4, 0.5) is 5.95 Å². The van der Waals surface area contributed by atoms with Gasteiger partial charge in [-0.15, -0.1) is 10.2 Å². The first kappa shape index (κ1) is 11.4. The lowest BCUT2D eigenvalue weighted by atomic mass is 10.2. The molecule has 5 heteroatoms. The van der Waals surface area contributed by atoms with Crippen LogP contribution in [0.1, 0.15) is 45.5 Å². The molecule has 90 valence electrons. The maximum Gasteiger partial charge on any atom is 0.224 e. The lowest BCUT2D eigenvalue weighted by Crippen LogP contribution is -2.12. The second-order valence-electron chi connectivity index (χ2n) is 4.17. The molecule has 16 heavy (non-hydrogen) atoms. The minimum Gasteiger partial charge on any atom is -0.367 e. The van der Waals surface area contributed by atoms with Crippen molar-refractivity contribution in [3.63, 3.8) is 0 Å². The Kier molecular flexibility index (Phi) is 3.43. The van der Waals surface area contributed by atoms with Gasteiger partial charge in [-0.25, -0.2) is 0 Å². The van der Waals surface area contributed by atoms with E-state index in [1.807, 2.05) is 0 Å². The highest BCUT2D eigenvalue weighted by Crippen LogP contribution is 2.32. The number of anilines is 1. The summed E-state index contributed by atoms with van der Waals surface area (Å²) in [5.74, 6) is 1.81. The molecule has 1 N–H and O–H groups in total. The fourth-order valence-corrected chi connectivity index (χ4v) is 2.15. The van der Waals surface area contributed by atoms with Gasteiger partial charge in [0.15, 0.2) is 5.82 Å². The summed E-state index contributed by atoms with van der Waals surface area (Å²) in [7, 11) is 0. The highest BCUT2D eigenvalue weighted by Gasteiger charge is 2.28.